The van der Waals surface area contributed by atoms with E-state index in [1.54, 1.807) is 12.3 Å². The Morgan fingerprint density at radius 1 is 1.47 bits per heavy atom. The van der Waals surface area contributed by atoms with Crippen molar-refractivity contribution in [2.45, 2.75) is 33.7 Å². The molecule has 1 amide bonds. The van der Waals surface area contributed by atoms with Crippen molar-refractivity contribution in [3.8, 4) is 0 Å². The number of amides is 1. The summed E-state index contributed by atoms with van der Waals surface area (Å²) < 4.78 is 0. The van der Waals surface area contributed by atoms with Gasteiger partial charge in [0, 0.05) is 12.2 Å². The van der Waals surface area contributed by atoms with E-state index in [-0.39, 0.29) is 17.4 Å². The second kappa shape index (κ2) is 4.38. The Hall–Kier alpha value is -1.45. The molecule has 0 aliphatic rings. The first-order valence-corrected chi connectivity index (χ1v) is 4.98. The third-order valence-electron chi connectivity index (χ3n) is 2.46. The second-order valence-electron chi connectivity index (χ2n) is 4.66. The fourth-order valence-electron chi connectivity index (χ4n) is 0.912. The van der Waals surface area contributed by atoms with Crippen LogP contribution in [0.15, 0.2) is 18.6 Å². The van der Waals surface area contributed by atoms with Gasteiger partial charge < -0.3 is 5.32 Å². The summed E-state index contributed by atoms with van der Waals surface area (Å²) in [6.07, 6.45) is 2.93. The van der Waals surface area contributed by atoms with E-state index in [0.29, 0.717) is 5.69 Å². The molecule has 0 radical (unpaired) electrons. The quantitative estimate of drug-likeness (QED) is 0.802. The molecule has 15 heavy (non-hydrogen) atoms. The third-order valence-corrected chi connectivity index (χ3v) is 2.46. The molecule has 1 rings (SSSR count). The van der Waals surface area contributed by atoms with Gasteiger partial charge in [-0.1, -0.05) is 20.8 Å². The van der Waals surface area contributed by atoms with E-state index in [1.165, 1.54) is 6.33 Å². The molecular weight excluding hydrogens is 190 g/mol. The predicted molar refractivity (Wildman–Crippen MR) is 58.4 cm³/mol. The zero-order valence-corrected chi connectivity index (χ0v) is 9.61. The van der Waals surface area contributed by atoms with E-state index in [0.717, 1.165) is 0 Å². The lowest BCUT2D eigenvalue weighted by molar-refractivity contribution is 0.0905. The molecule has 1 atom stereocenters. The van der Waals surface area contributed by atoms with E-state index < -0.39 is 0 Å². The van der Waals surface area contributed by atoms with Gasteiger partial charge in [0.2, 0.25) is 0 Å². The van der Waals surface area contributed by atoms with E-state index >= 15 is 0 Å². The molecule has 82 valence electrons. The maximum atomic E-state index is 11.7. The standard InChI is InChI=1S/C11H17N3O/c1-8(11(2,3)4)14-10(15)9-5-6-12-7-13-9/h5-8H,1-4H3,(H,14,15). The molecule has 4 nitrogen and oxygen atoms in total. The van der Waals surface area contributed by atoms with Gasteiger partial charge in [0.25, 0.3) is 5.91 Å². The first kappa shape index (κ1) is 11.6. The number of aromatic nitrogens is 2. The van der Waals surface area contributed by atoms with Gasteiger partial charge in [-0.05, 0) is 18.4 Å². The average Bonchev–Trinajstić information content (AvgIpc) is 2.17. The molecule has 1 aromatic heterocycles. The van der Waals surface area contributed by atoms with Crippen molar-refractivity contribution in [3.05, 3.63) is 24.3 Å². The van der Waals surface area contributed by atoms with Crippen molar-refractivity contribution >= 4 is 5.91 Å². The number of hydrogen-bond donors (Lipinski definition) is 1. The third kappa shape index (κ3) is 3.31. The molecule has 0 aliphatic heterocycles. The summed E-state index contributed by atoms with van der Waals surface area (Å²) >= 11 is 0. The minimum atomic E-state index is -0.153. The molecule has 0 aromatic carbocycles. The summed E-state index contributed by atoms with van der Waals surface area (Å²) in [6, 6.07) is 1.70. The van der Waals surface area contributed by atoms with E-state index in [9.17, 15) is 4.79 Å². The van der Waals surface area contributed by atoms with Gasteiger partial charge >= 0.3 is 0 Å². The number of nitrogens with one attached hydrogen (secondary N) is 1. The number of carbonyl (C=O) groups is 1. The molecule has 1 heterocycles. The van der Waals surface area contributed by atoms with Gasteiger partial charge in [0.1, 0.15) is 12.0 Å². The monoisotopic (exact) mass is 207 g/mol. The molecule has 0 spiro atoms. The second-order valence-corrected chi connectivity index (χ2v) is 4.66. The Kier molecular flexibility index (Phi) is 3.39. The van der Waals surface area contributed by atoms with Gasteiger partial charge in [-0.2, -0.15) is 0 Å². The molecule has 0 saturated carbocycles. The maximum absolute atomic E-state index is 11.7. The highest BCUT2D eigenvalue weighted by atomic mass is 16.1. The lowest BCUT2D eigenvalue weighted by Gasteiger charge is -2.27. The van der Waals surface area contributed by atoms with Gasteiger partial charge in [-0.15, -0.1) is 0 Å². The number of carbonyl (C=O) groups excluding carboxylic acids is 1. The highest BCUT2D eigenvalue weighted by Gasteiger charge is 2.22. The molecule has 1 unspecified atom stereocenters. The Morgan fingerprint density at radius 3 is 2.60 bits per heavy atom. The van der Waals surface area contributed by atoms with Crippen LogP contribution in [-0.4, -0.2) is 21.9 Å². The Balaban J connectivity index is 2.65. The van der Waals surface area contributed by atoms with Crippen molar-refractivity contribution < 1.29 is 4.79 Å². The summed E-state index contributed by atoms with van der Waals surface area (Å²) in [4.78, 5) is 19.4. The largest absolute Gasteiger partial charge is 0.348 e. The molecule has 0 fully saturated rings. The molecule has 4 heteroatoms. The first-order valence-electron chi connectivity index (χ1n) is 4.98. The average molecular weight is 207 g/mol. The summed E-state index contributed by atoms with van der Waals surface area (Å²) in [6.45, 7) is 8.23. The van der Waals surface area contributed by atoms with Crippen LogP contribution in [0.25, 0.3) is 0 Å². The van der Waals surface area contributed by atoms with E-state index in [4.69, 9.17) is 0 Å². The normalized spacial score (nSPS) is 13.3. The fraction of sp³-hybridized carbons (Fsp3) is 0.545. The summed E-state index contributed by atoms with van der Waals surface area (Å²) in [5.41, 5.74) is 0.448. The zero-order chi connectivity index (χ0) is 11.5. The number of nitrogens with zero attached hydrogens (tertiary/aromatic N) is 2. The van der Waals surface area contributed by atoms with E-state index in [1.807, 2.05) is 6.92 Å². The van der Waals surface area contributed by atoms with Crippen LogP contribution in [0, 0.1) is 5.41 Å². The van der Waals surface area contributed by atoms with Crippen molar-refractivity contribution in [3.63, 3.8) is 0 Å². The number of hydrogen-bond acceptors (Lipinski definition) is 3. The Bertz CT molecular complexity index is 329. The van der Waals surface area contributed by atoms with Gasteiger partial charge in [0.15, 0.2) is 0 Å². The molecule has 0 bridgehead atoms. The zero-order valence-electron chi connectivity index (χ0n) is 9.61. The van der Waals surface area contributed by atoms with Crippen molar-refractivity contribution in [1.82, 2.24) is 15.3 Å². The van der Waals surface area contributed by atoms with Gasteiger partial charge in [0.05, 0.1) is 0 Å². The summed E-state index contributed by atoms with van der Waals surface area (Å²) in [7, 11) is 0. The summed E-state index contributed by atoms with van der Waals surface area (Å²) in [5.74, 6) is -0.153. The topological polar surface area (TPSA) is 54.9 Å². The van der Waals surface area contributed by atoms with Crippen molar-refractivity contribution in [2.24, 2.45) is 5.41 Å². The molecule has 1 N–H and O–H groups in total. The lowest BCUT2D eigenvalue weighted by Crippen LogP contribution is -2.41. The van der Waals surface area contributed by atoms with Crippen LogP contribution in [0.1, 0.15) is 38.2 Å². The van der Waals surface area contributed by atoms with Crippen LogP contribution >= 0.6 is 0 Å². The molecule has 0 aliphatic carbocycles. The van der Waals surface area contributed by atoms with Crippen LogP contribution in [0.5, 0.6) is 0 Å². The Morgan fingerprint density at radius 2 is 2.13 bits per heavy atom. The smallest absolute Gasteiger partial charge is 0.270 e. The van der Waals surface area contributed by atoms with Gasteiger partial charge in [-0.3, -0.25) is 4.79 Å². The van der Waals surface area contributed by atoms with Gasteiger partial charge in [-0.25, -0.2) is 9.97 Å². The molecule has 0 saturated heterocycles. The Labute approximate surface area is 90.1 Å². The lowest BCUT2D eigenvalue weighted by atomic mass is 9.88. The van der Waals surface area contributed by atoms with Crippen LogP contribution in [0.2, 0.25) is 0 Å². The molecule has 1 aromatic rings. The van der Waals surface area contributed by atoms with Crippen LogP contribution in [0.3, 0.4) is 0 Å². The SMILES string of the molecule is CC(NC(=O)c1ccncn1)C(C)(C)C. The van der Waals surface area contributed by atoms with E-state index in [2.05, 4.69) is 36.1 Å². The summed E-state index contributed by atoms with van der Waals surface area (Å²) in [5, 5.41) is 2.91. The highest BCUT2D eigenvalue weighted by Crippen LogP contribution is 2.18. The fourth-order valence-corrected chi connectivity index (χ4v) is 0.912. The van der Waals surface area contributed by atoms with Crippen molar-refractivity contribution in [2.75, 3.05) is 0 Å². The van der Waals surface area contributed by atoms with Crippen LogP contribution in [0.4, 0.5) is 0 Å². The minimum absolute atomic E-state index is 0.0443. The minimum Gasteiger partial charge on any atom is -0.348 e. The molecular formula is C11H17N3O. The maximum Gasteiger partial charge on any atom is 0.270 e. The van der Waals surface area contributed by atoms with Crippen LogP contribution < -0.4 is 5.32 Å². The van der Waals surface area contributed by atoms with Crippen LogP contribution in [-0.2, 0) is 0 Å². The number of rotatable bonds is 2. The first-order chi connectivity index (χ1) is 6.91. The highest BCUT2D eigenvalue weighted by molar-refractivity contribution is 5.92. The predicted octanol–water partition coefficient (Wildman–Crippen LogP) is 1.64. The van der Waals surface area contributed by atoms with Crippen molar-refractivity contribution in [1.29, 1.82) is 0 Å².